The van der Waals surface area contributed by atoms with Crippen LogP contribution in [0.25, 0.3) is 5.69 Å². The topological polar surface area (TPSA) is 70.4 Å². The second-order valence-corrected chi connectivity index (χ2v) is 12.0. The number of hydrogen-bond donors (Lipinski definition) is 0. The van der Waals surface area contributed by atoms with E-state index in [1.807, 2.05) is 26.0 Å². The number of halogens is 3. The molecule has 202 valence electrons. The van der Waals surface area contributed by atoms with Crippen LogP contribution in [0.1, 0.15) is 43.7 Å². The Hall–Kier alpha value is -3.58. The summed E-state index contributed by atoms with van der Waals surface area (Å²) in [5.41, 5.74) is 1.20. The van der Waals surface area contributed by atoms with Crippen LogP contribution in [0.5, 0.6) is 17.6 Å². The van der Waals surface area contributed by atoms with Gasteiger partial charge in [0, 0.05) is 33.5 Å². The zero-order chi connectivity index (χ0) is 28.2. The van der Waals surface area contributed by atoms with Gasteiger partial charge < -0.3 is 9.47 Å². The Balaban J connectivity index is 1.62. The lowest BCUT2D eigenvalue weighted by Gasteiger charge is -2.37. The first-order valence-corrected chi connectivity index (χ1v) is 13.8. The number of carbonyl (C=O) groups is 1. The quantitative estimate of drug-likeness (QED) is 0.239. The summed E-state index contributed by atoms with van der Waals surface area (Å²) in [5.74, 6) is 0.294. The van der Waals surface area contributed by atoms with E-state index in [4.69, 9.17) is 49.3 Å². The zero-order valence-electron chi connectivity index (χ0n) is 21.6. The van der Waals surface area contributed by atoms with Crippen LogP contribution in [-0.2, 0) is 4.79 Å². The van der Waals surface area contributed by atoms with Gasteiger partial charge in [0.05, 0.1) is 17.2 Å². The molecule has 0 radical (unpaired) electrons. The van der Waals surface area contributed by atoms with E-state index in [9.17, 15) is 9.59 Å². The molecule has 1 aliphatic heterocycles. The number of nitrogens with zero attached hydrogens (tertiary/aromatic N) is 2. The highest BCUT2D eigenvalue weighted by Crippen LogP contribution is 2.49. The van der Waals surface area contributed by atoms with Gasteiger partial charge >= 0.3 is 6.01 Å². The van der Waals surface area contributed by atoms with Gasteiger partial charge in [0.25, 0.3) is 5.56 Å². The Morgan fingerprint density at radius 1 is 0.850 bits per heavy atom. The summed E-state index contributed by atoms with van der Waals surface area (Å²) in [6.07, 6.45) is 0.859. The number of hydrogen-bond acceptors (Lipinski definition) is 5. The smallest absolute Gasteiger partial charge is 0.312 e. The van der Waals surface area contributed by atoms with Crippen LogP contribution >= 0.6 is 34.8 Å². The van der Waals surface area contributed by atoms with Crippen LogP contribution in [0.15, 0.2) is 88.9 Å². The molecule has 1 atom stereocenters. The summed E-state index contributed by atoms with van der Waals surface area (Å²) in [5, 5.41) is 1.60. The Morgan fingerprint density at radius 3 is 2.05 bits per heavy atom. The molecular formula is C31H23Cl3N2O4. The standard InChI is InChI=1S/C31H23Cl3N2O4/c1-31(2)15-23(37)26-24(16-31)40-28-27(25(26)17-3-5-18(32)6-4-17)29(38)36(21-11-7-19(33)8-12-21)30(35-28)39-22-13-9-20(34)10-14-22/h3-14,25H,15-16H2,1-2H3. The number of benzene rings is 3. The predicted molar refractivity (Wildman–Crippen MR) is 155 cm³/mol. The zero-order valence-corrected chi connectivity index (χ0v) is 23.8. The maximum Gasteiger partial charge on any atom is 0.312 e. The van der Waals surface area contributed by atoms with E-state index in [-0.39, 0.29) is 28.7 Å². The van der Waals surface area contributed by atoms with Crippen LogP contribution in [0.4, 0.5) is 0 Å². The summed E-state index contributed by atoms with van der Waals surface area (Å²) < 4.78 is 13.8. The van der Waals surface area contributed by atoms with Crippen molar-refractivity contribution in [2.24, 2.45) is 5.41 Å². The van der Waals surface area contributed by atoms with Crippen molar-refractivity contribution in [2.75, 3.05) is 0 Å². The van der Waals surface area contributed by atoms with E-state index in [1.165, 1.54) is 4.57 Å². The van der Waals surface area contributed by atoms with Gasteiger partial charge in [-0.2, -0.15) is 4.98 Å². The summed E-state index contributed by atoms with van der Waals surface area (Å²) >= 11 is 18.4. The first kappa shape index (κ1) is 26.6. The fraction of sp³-hybridized carbons (Fsp3) is 0.194. The predicted octanol–water partition coefficient (Wildman–Crippen LogP) is 8.15. The lowest BCUT2D eigenvalue weighted by atomic mass is 9.70. The lowest BCUT2D eigenvalue weighted by molar-refractivity contribution is -0.118. The van der Waals surface area contributed by atoms with Gasteiger partial charge in [-0.25, -0.2) is 4.57 Å². The summed E-state index contributed by atoms with van der Waals surface area (Å²) in [6.45, 7) is 4.04. The third-order valence-corrected chi connectivity index (χ3v) is 7.80. The molecule has 9 heteroatoms. The number of Topliss-reactive ketones (excluding diaryl/α,β-unsaturated/α-hetero) is 1. The van der Waals surface area contributed by atoms with Crippen LogP contribution in [0, 0.1) is 5.41 Å². The Labute approximate surface area is 245 Å². The Bertz CT molecular complexity index is 1730. The van der Waals surface area contributed by atoms with Crippen molar-refractivity contribution in [1.82, 2.24) is 9.55 Å². The number of carbonyl (C=O) groups excluding carboxylic acids is 1. The van der Waals surface area contributed by atoms with Crippen molar-refractivity contribution in [3.63, 3.8) is 0 Å². The molecule has 40 heavy (non-hydrogen) atoms. The highest BCUT2D eigenvalue weighted by molar-refractivity contribution is 6.31. The average Bonchev–Trinajstić information content (AvgIpc) is 2.90. The molecule has 2 aliphatic rings. The highest BCUT2D eigenvalue weighted by atomic mass is 35.5. The van der Waals surface area contributed by atoms with Gasteiger partial charge in [0.2, 0.25) is 5.88 Å². The number of aromatic nitrogens is 2. The van der Waals surface area contributed by atoms with Crippen molar-refractivity contribution < 1.29 is 14.3 Å². The number of allylic oxidation sites excluding steroid dienone is 2. The molecule has 6 rings (SSSR count). The van der Waals surface area contributed by atoms with Gasteiger partial charge in [0.15, 0.2) is 5.78 Å². The molecule has 1 aliphatic carbocycles. The monoisotopic (exact) mass is 592 g/mol. The third-order valence-electron chi connectivity index (χ3n) is 7.04. The molecular weight excluding hydrogens is 571 g/mol. The van der Waals surface area contributed by atoms with E-state index in [0.29, 0.717) is 50.7 Å². The Kier molecular flexibility index (Phi) is 6.73. The van der Waals surface area contributed by atoms with Crippen molar-refractivity contribution in [3.8, 4) is 23.3 Å². The van der Waals surface area contributed by atoms with Crippen molar-refractivity contribution >= 4 is 40.6 Å². The fourth-order valence-electron chi connectivity index (χ4n) is 5.26. The minimum absolute atomic E-state index is 0.00584. The minimum Gasteiger partial charge on any atom is -0.442 e. The van der Waals surface area contributed by atoms with E-state index in [0.717, 1.165) is 5.56 Å². The van der Waals surface area contributed by atoms with Gasteiger partial charge in [-0.05, 0) is 71.6 Å². The molecule has 0 N–H and O–H groups in total. The number of ether oxygens (including phenoxy) is 2. The normalized spacial score (nSPS) is 17.6. The van der Waals surface area contributed by atoms with Gasteiger partial charge in [0.1, 0.15) is 11.5 Å². The third kappa shape index (κ3) is 4.92. The van der Waals surface area contributed by atoms with Gasteiger partial charge in [-0.3, -0.25) is 9.59 Å². The largest absolute Gasteiger partial charge is 0.442 e. The van der Waals surface area contributed by atoms with Gasteiger partial charge in [-0.1, -0.05) is 60.8 Å². The first-order valence-electron chi connectivity index (χ1n) is 12.7. The van der Waals surface area contributed by atoms with E-state index < -0.39 is 11.5 Å². The lowest BCUT2D eigenvalue weighted by Crippen LogP contribution is -2.37. The first-order chi connectivity index (χ1) is 19.1. The number of rotatable bonds is 4. The van der Waals surface area contributed by atoms with Crippen LogP contribution < -0.4 is 15.0 Å². The molecule has 3 aromatic carbocycles. The molecule has 1 aromatic heterocycles. The van der Waals surface area contributed by atoms with Crippen LogP contribution in [0.3, 0.4) is 0 Å². The minimum atomic E-state index is -0.692. The second kappa shape index (κ2) is 10.1. The maximum atomic E-state index is 14.5. The van der Waals surface area contributed by atoms with Crippen molar-refractivity contribution in [3.05, 3.63) is 121 Å². The van der Waals surface area contributed by atoms with Crippen molar-refractivity contribution in [1.29, 1.82) is 0 Å². The molecule has 0 saturated carbocycles. The van der Waals surface area contributed by atoms with Crippen LogP contribution in [0.2, 0.25) is 15.1 Å². The molecule has 6 nitrogen and oxygen atoms in total. The summed E-state index contributed by atoms with van der Waals surface area (Å²) in [6, 6.07) is 20.6. The molecule has 0 spiro atoms. The number of ketones is 1. The average molecular weight is 594 g/mol. The van der Waals surface area contributed by atoms with Crippen LogP contribution in [-0.4, -0.2) is 15.3 Å². The SMILES string of the molecule is CC1(C)CC(=O)C2=C(C1)Oc1nc(Oc3ccc(Cl)cc3)n(-c3ccc(Cl)cc3)c(=O)c1C2c1ccc(Cl)cc1. The van der Waals surface area contributed by atoms with E-state index >= 15 is 0 Å². The van der Waals surface area contributed by atoms with E-state index in [2.05, 4.69) is 0 Å². The van der Waals surface area contributed by atoms with Crippen molar-refractivity contribution in [2.45, 2.75) is 32.6 Å². The molecule has 0 amide bonds. The van der Waals surface area contributed by atoms with E-state index in [1.54, 1.807) is 60.7 Å². The maximum absolute atomic E-state index is 14.5. The molecule has 0 bridgehead atoms. The summed E-state index contributed by atoms with van der Waals surface area (Å²) in [4.78, 5) is 32.8. The molecule has 0 fully saturated rings. The molecule has 2 heterocycles. The molecule has 1 unspecified atom stereocenters. The molecule has 4 aromatic rings. The Morgan fingerprint density at radius 2 is 1.43 bits per heavy atom. The second-order valence-electron chi connectivity index (χ2n) is 10.7. The highest BCUT2D eigenvalue weighted by Gasteiger charge is 2.44. The molecule has 0 saturated heterocycles. The number of fused-ring (bicyclic) bond motifs is 1. The summed E-state index contributed by atoms with van der Waals surface area (Å²) in [7, 11) is 0. The fourth-order valence-corrected chi connectivity index (χ4v) is 5.63. The van der Waals surface area contributed by atoms with Gasteiger partial charge in [-0.15, -0.1) is 0 Å².